The van der Waals surface area contributed by atoms with Gasteiger partial charge in [-0.15, -0.1) is 0 Å². The molecule has 1 aromatic heterocycles. The summed E-state index contributed by atoms with van der Waals surface area (Å²) in [6.45, 7) is 2.90. The Labute approximate surface area is 125 Å². The second kappa shape index (κ2) is 5.44. The normalized spacial score (nSPS) is 21.1. The lowest BCUT2D eigenvalue weighted by Crippen LogP contribution is -2.26. The maximum atomic E-state index is 11.8. The number of nitrogens with one attached hydrogen (secondary N) is 2. The average molecular weight is 288 g/mol. The number of carbonyl (C=O) groups is 1. The molecule has 1 aromatic rings. The summed E-state index contributed by atoms with van der Waals surface area (Å²) in [5, 5.41) is 6.48. The Morgan fingerprint density at radius 2 is 2.19 bits per heavy atom. The second-order valence-electron chi connectivity index (χ2n) is 6.66. The van der Waals surface area contributed by atoms with E-state index in [1.807, 2.05) is 0 Å². The third-order valence-electron chi connectivity index (χ3n) is 4.69. The molecule has 0 bridgehead atoms. The Kier molecular flexibility index (Phi) is 3.45. The van der Waals surface area contributed by atoms with Crippen LogP contribution >= 0.6 is 0 Å². The van der Waals surface area contributed by atoms with Gasteiger partial charge >= 0.3 is 0 Å². The lowest BCUT2D eigenvalue weighted by atomic mass is 10.1. The first-order chi connectivity index (χ1) is 10.3. The van der Waals surface area contributed by atoms with Crippen molar-refractivity contribution in [1.82, 2.24) is 20.2 Å². The van der Waals surface area contributed by atoms with Gasteiger partial charge in [0.25, 0.3) is 0 Å². The summed E-state index contributed by atoms with van der Waals surface area (Å²) in [5.74, 6) is 2.18. The minimum absolute atomic E-state index is 0.223. The average Bonchev–Trinajstić information content (AvgIpc) is 3.39. The quantitative estimate of drug-likeness (QED) is 0.833. The molecule has 5 nitrogen and oxygen atoms in total. The molecule has 1 amide bonds. The zero-order chi connectivity index (χ0) is 14.2. The number of fused-ring (bicyclic) bond motifs is 1. The number of hydrogen-bond donors (Lipinski definition) is 2. The van der Waals surface area contributed by atoms with Crippen LogP contribution in [0.1, 0.15) is 61.7 Å². The van der Waals surface area contributed by atoms with Gasteiger partial charge in [-0.25, -0.2) is 4.98 Å². The Balaban J connectivity index is 1.40. The second-order valence-corrected chi connectivity index (χ2v) is 6.66. The molecule has 1 aliphatic heterocycles. The molecule has 0 radical (unpaired) electrons. The van der Waals surface area contributed by atoms with E-state index in [1.165, 1.54) is 42.9 Å². The fraction of sp³-hybridized carbons (Fsp3) is 0.750. The molecule has 5 heteroatoms. The minimum Gasteiger partial charge on any atom is -0.353 e. The molecule has 0 aromatic carbocycles. The first-order valence-electron chi connectivity index (χ1n) is 8.39. The fourth-order valence-electron chi connectivity index (χ4n) is 3.22. The third kappa shape index (κ3) is 2.98. The van der Waals surface area contributed by atoms with Crippen LogP contribution in [0.5, 0.6) is 0 Å². The van der Waals surface area contributed by atoms with Crippen molar-refractivity contribution in [3.63, 3.8) is 0 Å². The molecule has 114 valence electrons. The van der Waals surface area contributed by atoms with Crippen molar-refractivity contribution in [3.05, 3.63) is 17.2 Å². The van der Waals surface area contributed by atoms with Gasteiger partial charge in [-0.2, -0.15) is 0 Å². The van der Waals surface area contributed by atoms with Gasteiger partial charge in [0.1, 0.15) is 5.82 Å². The minimum atomic E-state index is 0.223. The van der Waals surface area contributed by atoms with E-state index < -0.39 is 0 Å². The van der Waals surface area contributed by atoms with E-state index in [0.717, 1.165) is 32.5 Å². The van der Waals surface area contributed by atoms with Crippen molar-refractivity contribution >= 4 is 5.91 Å². The van der Waals surface area contributed by atoms with Crippen LogP contribution < -0.4 is 10.6 Å². The predicted molar refractivity (Wildman–Crippen MR) is 80.0 cm³/mol. The highest BCUT2D eigenvalue weighted by Crippen LogP contribution is 2.40. The summed E-state index contributed by atoms with van der Waals surface area (Å²) in [6.07, 6.45) is 7.54. The van der Waals surface area contributed by atoms with Crippen LogP contribution in [0.25, 0.3) is 0 Å². The summed E-state index contributed by atoms with van der Waals surface area (Å²) in [4.78, 5) is 16.7. The van der Waals surface area contributed by atoms with E-state index in [0.29, 0.717) is 18.4 Å². The largest absolute Gasteiger partial charge is 0.353 e. The first kappa shape index (κ1) is 13.3. The van der Waals surface area contributed by atoms with Gasteiger partial charge in [-0.3, -0.25) is 4.79 Å². The molecule has 3 aliphatic rings. The van der Waals surface area contributed by atoms with Crippen LogP contribution in [0.15, 0.2) is 0 Å². The predicted octanol–water partition coefficient (Wildman–Crippen LogP) is 1.46. The number of aromatic nitrogens is 2. The van der Waals surface area contributed by atoms with Gasteiger partial charge < -0.3 is 15.2 Å². The number of carbonyl (C=O) groups excluding carboxylic acids is 1. The topological polar surface area (TPSA) is 59.0 Å². The highest BCUT2D eigenvalue weighted by atomic mass is 16.1. The van der Waals surface area contributed by atoms with E-state index in [9.17, 15) is 4.79 Å². The van der Waals surface area contributed by atoms with Crippen molar-refractivity contribution in [1.29, 1.82) is 0 Å². The van der Waals surface area contributed by atoms with Crippen molar-refractivity contribution in [2.24, 2.45) is 0 Å². The third-order valence-corrected chi connectivity index (χ3v) is 4.69. The number of hydrogen-bond acceptors (Lipinski definition) is 3. The molecule has 2 N–H and O–H groups in total. The van der Waals surface area contributed by atoms with Crippen molar-refractivity contribution in [3.8, 4) is 0 Å². The van der Waals surface area contributed by atoms with Crippen molar-refractivity contribution in [2.75, 3.05) is 6.54 Å². The van der Waals surface area contributed by atoms with Gasteiger partial charge in [-0.05, 0) is 32.1 Å². The highest BCUT2D eigenvalue weighted by Gasteiger charge is 2.31. The number of nitrogens with zero attached hydrogens (tertiary/aromatic N) is 2. The SMILES string of the molecule is O=C(CCCn1c(C2CC2)nc2c1CCNC2)NC1CC1. The molecule has 0 spiro atoms. The lowest BCUT2D eigenvalue weighted by Gasteiger charge is -2.16. The monoisotopic (exact) mass is 288 g/mol. The first-order valence-corrected chi connectivity index (χ1v) is 8.39. The van der Waals surface area contributed by atoms with Crippen LogP contribution in [0.3, 0.4) is 0 Å². The van der Waals surface area contributed by atoms with Crippen molar-refractivity contribution < 1.29 is 4.79 Å². The molecule has 2 heterocycles. The van der Waals surface area contributed by atoms with E-state index in [-0.39, 0.29) is 5.91 Å². The molecular weight excluding hydrogens is 264 g/mol. The summed E-state index contributed by atoms with van der Waals surface area (Å²) >= 11 is 0. The molecule has 2 aliphatic carbocycles. The lowest BCUT2D eigenvalue weighted by molar-refractivity contribution is -0.121. The summed E-state index contributed by atoms with van der Waals surface area (Å²) < 4.78 is 2.43. The van der Waals surface area contributed by atoms with Crippen LogP contribution in [0.4, 0.5) is 0 Å². The maximum Gasteiger partial charge on any atom is 0.220 e. The van der Waals surface area contributed by atoms with E-state index in [1.54, 1.807) is 0 Å². The van der Waals surface area contributed by atoms with Gasteiger partial charge in [-0.1, -0.05) is 0 Å². The zero-order valence-corrected chi connectivity index (χ0v) is 12.5. The maximum absolute atomic E-state index is 11.8. The summed E-state index contributed by atoms with van der Waals surface area (Å²) in [7, 11) is 0. The highest BCUT2D eigenvalue weighted by molar-refractivity contribution is 5.76. The molecule has 21 heavy (non-hydrogen) atoms. The fourth-order valence-corrected chi connectivity index (χ4v) is 3.22. The molecule has 2 fully saturated rings. The molecule has 2 saturated carbocycles. The summed E-state index contributed by atoms with van der Waals surface area (Å²) in [6, 6.07) is 0.478. The van der Waals surface area contributed by atoms with E-state index >= 15 is 0 Å². The van der Waals surface area contributed by atoms with Crippen LogP contribution in [0.2, 0.25) is 0 Å². The number of amides is 1. The molecule has 0 saturated heterocycles. The molecule has 4 rings (SSSR count). The Morgan fingerprint density at radius 3 is 2.95 bits per heavy atom. The van der Waals surface area contributed by atoms with Gasteiger partial charge in [0.2, 0.25) is 5.91 Å². The number of rotatable bonds is 6. The van der Waals surface area contributed by atoms with Crippen LogP contribution in [0, 0.1) is 0 Å². The Bertz CT molecular complexity index is 543. The zero-order valence-electron chi connectivity index (χ0n) is 12.5. The van der Waals surface area contributed by atoms with Gasteiger partial charge in [0.05, 0.1) is 5.69 Å². The molecule has 0 unspecified atom stereocenters. The molecular formula is C16H24N4O. The van der Waals surface area contributed by atoms with Gasteiger partial charge in [0.15, 0.2) is 0 Å². The van der Waals surface area contributed by atoms with Crippen LogP contribution in [-0.2, 0) is 24.3 Å². The Morgan fingerprint density at radius 1 is 1.33 bits per heavy atom. The summed E-state index contributed by atoms with van der Waals surface area (Å²) in [5.41, 5.74) is 2.66. The van der Waals surface area contributed by atoms with Crippen molar-refractivity contribution in [2.45, 2.75) is 70.0 Å². The van der Waals surface area contributed by atoms with Crippen LogP contribution in [-0.4, -0.2) is 28.0 Å². The number of imidazole rings is 1. The molecule has 0 atom stereocenters. The Hall–Kier alpha value is -1.36. The van der Waals surface area contributed by atoms with E-state index in [2.05, 4.69) is 15.2 Å². The smallest absolute Gasteiger partial charge is 0.220 e. The standard InChI is InChI=1S/C16H24N4O/c21-15(18-12-5-6-12)2-1-9-20-14-7-8-17-10-13(14)19-16(20)11-3-4-11/h11-12,17H,1-10H2,(H,18,21). The van der Waals surface area contributed by atoms with Gasteiger partial charge in [0, 0.05) is 50.1 Å². The van der Waals surface area contributed by atoms with E-state index in [4.69, 9.17) is 4.98 Å².